The van der Waals surface area contributed by atoms with E-state index in [2.05, 4.69) is 23.3 Å². The third-order valence-electron chi connectivity index (χ3n) is 9.52. The first-order valence-corrected chi connectivity index (χ1v) is 20.9. The van der Waals surface area contributed by atoms with E-state index >= 15 is 0 Å². The summed E-state index contributed by atoms with van der Waals surface area (Å²) in [7, 11) is -1.58. The second-order valence-corrected chi connectivity index (χ2v) is 14.6. The van der Waals surface area contributed by atoms with E-state index in [9.17, 15) is 23.1 Å². The Labute approximate surface area is 291 Å². The van der Waals surface area contributed by atoms with Crippen LogP contribution in [0.2, 0.25) is 0 Å². The van der Waals surface area contributed by atoms with Crippen molar-refractivity contribution in [3.63, 3.8) is 0 Å². The van der Waals surface area contributed by atoms with E-state index in [4.69, 9.17) is 4.55 Å². The number of ketones is 2. The summed E-state index contributed by atoms with van der Waals surface area (Å²) >= 11 is 0. The molecule has 0 saturated carbocycles. The van der Waals surface area contributed by atoms with Crippen molar-refractivity contribution in [2.75, 3.05) is 14.2 Å². The molecule has 0 aliphatic rings. The quantitative estimate of drug-likeness (QED) is 0.0449. The Balaban J connectivity index is 0. The van der Waals surface area contributed by atoms with Crippen molar-refractivity contribution < 1.29 is 31.8 Å². The van der Waals surface area contributed by atoms with Gasteiger partial charge in [-0.15, -0.1) is 0 Å². The van der Waals surface area contributed by atoms with Crippen LogP contribution in [0.4, 0.5) is 0 Å². The first-order chi connectivity index (χ1) is 22.6. The van der Waals surface area contributed by atoms with E-state index in [0.29, 0.717) is 19.3 Å². The molecule has 0 fully saturated rings. The topological polar surface area (TPSA) is 130 Å². The molecule has 8 nitrogen and oxygen atoms in total. The summed E-state index contributed by atoms with van der Waals surface area (Å²) in [6.45, 7) is 6.44. The highest BCUT2D eigenvalue weighted by atomic mass is 32.3. The van der Waals surface area contributed by atoms with E-state index in [1.54, 1.807) is 7.05 Å². The predicted molar refractivity (Wildman–Crippen MR) is 197 cm³/mol. The summed E-state index contributed by atoms with van der Waals surface area (Å²) in [5.41, 5.74) is -1.13. The van der Waals surface area contributed by atoms with E-state index in [1.165, 1.54) is 135 Å². The average molecular weight is 692 g/mol. The van der Waals surface area contributed by atoms with Crippen LogP contribution in [0, 0.1) is 0 Å². The highest BCUT2D eigenvalue weighted by Gasteiger charge is 2.44. The molecule has 0 heterocycles. The molecule has 9 heteroatoms. The molecule has 0 spiro atoms. The van der Waals surface area contributed by atoms with Gasteiger partial charge in [-0.25, -0.2) is 0 Å². The molecule has 0 saturated heterocycles. The standard InChI is InChI=1S/C37H73NO3.CH4O4S/c1-5-8-10-12-14-16-18-20-22-24-26-28-30-32-34(39)36(41)37(7-3,38-4)35(40)33-31-29-27-25-23-21-19-17-15-13-11-9-6-2;1-5-6(2,3)4/h36,38,41H,5-33H2,1-4H3;1H3,(H,2,3,4). The normalized spacial score (nSPS) is 13.5. The van der Waals surface area contributed by atoms with Gasteiger partial charge in [-0.1, -0.05) is 175 Å². The van der Waals surface area contributed by atoms with Gasteiger partial charge in [-0.3, -0.25) is 18.3 Å². The van der Waals surface area contributed by atoms with Crippen LogP contribution in [0.25, 0.3) is 0 Å². The molecule has 0 aliphatic carbocycles. The fourth-order valence-electron chi connectivity index (χ4n) is 6.25. The van der Waals surface area contributed by atoms with Crippen molar-refractivity contribution in [2.24, 2.45) is 0 Å². The van der Waals surface area contributed by atoms with Gasteiger partial charge >= 0.3 is 10.4 Å². The van der Waals surface area contributed by atoms with Gasteiger partial charge < -0.3 is 10.4 Å². The van der Waals surface area contributed by atoms with Crippen LogP contribution in [0.1, 0.15) is 207 Å². The molecule has 0 aromatic heterocycles. The minimum absolute atomic E-state index is 0.00298. The first-order valence-electron chi connectivity index (χ1n) is 19.5. The van der Waals surface area contributed by atoms with Gasteiger partial charge in [0, 0.05) is 12.8 Å². The average Bonchev–Trinajstić information content (AvgIpc) is 3.06. The molecule has 2 unspecified atom stereocenters. The number of aliphatic hydroxyl groups excluding tert-OH is 1. The highest BCUT2D eigenvalue weighted by molar-refractivity contribution is 7.80. The number of hydrogen-bond acceptors (Lipinski definition) is 7. The van der Waals surface area contributed by atoms with Crippen molar-refractivity contribution >= 4 is 22.0 Å². The fourth-order valence-corrected chi connectivity index (χ4v) is 6.25. The van der Waals surface area contributed by atoms with Gasteiger partial charge in [0.1, 0.15) is 11.6 Å². The lowest BCUT2D eigenvalue weighted by Gasteiger charge is -2.35. The maximum atomic E-state index is 13.2. The molecule has 0 aromatic carbocycles. The molecule has 0 rings (SSSR count). The fraction of sp³-hybridized carbons (Fsp3) is 0.947. The molecule has 0 bridgehead atoms. The van der Waals surface area contributed by atoms with Crippen LogP contribution in [-0.4, -0.2) is 55.4 Å². The second kappa shape index (κ2) is 33.6. The molecule has 0 amide bonds. The van der Waals surface area contributed by atoms with Gasteiger partial charge in [-0.05, 0) is 26.3 Å². The maximum absolute atomic E-state index is 13.2. The number of unbranched alkanes of at least 4 members (excludes halogenated alkanes) is 24. The number of carbonyl (C=O) groups excluding carboxylic acids is 2. The third kappa shape index (κ3) is 28.7. The van der Waals surface area contributed by atoms with Crippen molar-refractivity contribution in [3.05, 3.63) is 0 Å². The number of rotatable bonds is 34. The smallest absolute Gasteiger partial charge is 0.383 e. The Hall–Kier alpha value is -0.870. The lowest BCUT2D eigenvalue weighted by molar-refractivity contribution is -0.141. The molecular weight excluding hydrogens is 614 g/mol. The van der Waals surface area contributed by atoms with E-state index < -0.39 is 22.0 Å². The Kier molecular flexibility index (Phi) is 34.5. The van der Waals surface area contributed by atoms with E-state index in [0.717, 1.165) is 39.2 Å². The van der Waals surface area contributed by atoms with Crippen LogP contribution in [0.5, 0.6) is 0 Å². The number of carbonyl (C=O) groups is 2. The van der Waals surface area contributed by atoms with Gasteiger partial charge in [-0.2, -0.15) is 8.42 Å². The third-order valence-corrected chi connectivity index (χ3v) is 9.94. The molecule has 0 aliphatic heterocycles. The molecule has 3 N–H and O–H groups in total. The molecule has 2 atom stereocenters. The number of nitrogens with one attached hydrogen (secondary N) is 1. The number of hydrogen-bond donors (Lipinski definition) is 3. The Morgan fingerprint density at radius 1 is 0.596 bits per heavy atom. The molecule has 0 aromatic rings. The zero-order valence-electron chi connectivity index (χ0n) is 31.4. The summed E-state index contributed by atoms with van der Waals surface area (Å²) < 4.78 is 29.7. The molecule has 0 radical (unpaired) electrons. The Morgan fingerprint density at radius 3 is 1.13 bits per heavy atom. The van der Waals surface area contributed by atoms with E-state index in [1.807, 2.05) is 6.92 Å². The largest absolute Gasteiger partial charge is 0.397 e. The second-order valence-electron chi connectivity index (χ2n) is 13.4. The SMILES string of the molecule is CCCCCCCCCCCCCCCC(=O)C(O)C(CC)(NC)C(=O)CCCCCCCCCCCCCCC.COS(=O)(=O)O. The summed E-state index contributed by atoms with van der Waals surface area (Å²) in [4.78, 5) is 26.0. The van der Waals surface area contributed by atoms with Gasteiger partial charge in [0.25, 0.3) is 0 Å². The van der Waals surface area contributed by atoms with Crippen LogP contribution in [0.3, 0.4) is 0 Å². The summed E-state index contributed by atoms with van der Waals surface area (Å²) in [5, 5.41) is 14.0. The Morgan fingerprint density at radius 2 is 0.872 bits per heavy atom. The van der Waals surface area contributed by atoms with Crippen molar-refractivity contribution in [3.8, 4) is 0 Å². The lowest BCUT2D eigenvalue weighted by Crippen LogP contribution is -2.61. The number of aliphatic hydroxyl groups is 1. The maximum Gasteiger partial charge on any atom is 0.397 e. The van der Waals surface area contributed by atoms with Gasteiger partial charge in [0.05, 0.1) is 7.11 Å². The zero-order chi connectivity index (χ0) is 35.7. The summed E-state index contributed by atoms with van der Waals surface area (Å²) in [6.07, 6.45) is 33.0. The Bertz CT molecular complexity index is 815. The van der Waals surface area contributed by atoms with Crippen LogP contribution in [0.15, 0.2) is 0 Å². The number of Topliss-reactive ketones (excluding diaryl/α,β-unsaturated/α-hetero) is 2. The monoisotopic (exact) mass is 692 g/mol. The lowest BCUT2D eigenvalue weighted by atomic mass is 9.80. The van der Waals surface area contributed by atoms with E-state index in [-0.39, 0.29) is 11.6 Å². The number of likely N-dealkylation sites (N-methyl/N-ethyl adjacent to an activating group) is 1. The molecular formula is C38H77NO7S. The first kappa shape index (κ1) is 48.2. The van der Waals surface area contributed by atoms with Gasteiger partial charge in [0.15, 0.2) is 11.6 Å². The van der Waals surface area contributed by atoms with Gasteiger partial charge in [0.2, 0.25) is 0 Å². The highest BCUT2D eigenvalue weighted by Crippen LogP contribution is 2.23. The minimum Gasteiger partial charge on any atom is -0.383 e. The zero-order valence-corrected chi connectivity index (χ0v) is 32.2. The van der Waals surface area contributed by atoms with Crippen molar-refractivity contribution in [1.29, 1.82) is 0 Å². The minimum atomic E-state index is -4.16. The van der Waals surface area contributed by atoms with Crippen molar-refractivity contribution in [1.82, 2.24) is 5.32 Å². The van der Waals surface area contributed by atoms with Crippen molar-refractivity contribution in [2.45, 2.75) is 219 Å². The summed E-state index contributed by atoms with van der Waals surface area (Å²) in [5.74, 6) is -0.181. The van der Waals surface area contributed by atoms with Crippen LogP contribution >= 0.6 is 0 Å². The summed E-state index contributed by atoms with van der Waals surface area (Å²) in [6, 6.07) is 0. The molecule has 47 heavy (non-hydrogen) atoms. The van der Waals surface area contributed by atoms with Crippen LogP contribution in [-0.2, 0) is 24.2 Å². The van der Waals surface area contributed by atoms with Crippen LogP contribution < -0.4 is 5.32 Å². The molecule has 282 valence electrons. The predicted octanol–water partition coefficient (Wildman–Crippen LogP) is 10.3.